The molecule has 0 aromatic heterocycles. The molecule has 1 N–H and O–H groups in total. The SMILES string of the molecule is Cc1cccc(N(C)C(=O)C2(CO)CC2)c1. The van der Waals surface area contributed by atoms with Crippen molar-refractivity contribution in [2.24, 2.45) is 5.41 Å². The summed E-state index contributed by atoms with van der Waals surface area (Å²) in [5.41, 5.74) is 1.54. The van der Waals surface area contributed by atoms with Crippen molar-refractivity contribution in [1.29, 1.82) is 0 Å². The van der Waals surface area contributed by atoms with Crippen LogP contribution in [-0.2, 0) is 4.79 Å². The van der Waals surface area contributed by atoms with Crippen LogP contribution in [0, 0.1) is 12.3 Å². The lowest BCUT2D eigenvalue weighted by Gasteiger charge is -2.22. The van der Waals surface area contributed by atoms with Crippen molar-refractivity contribution in [3.63, 3.8) is 0 Å². The number of carbonyl (C=O) groups is 1. The molecular weight excluding hydrogens is 202 g/mol. The Bertz CT molecular complexity index is 410. The number of hydrogen-bond donors (Lipinski definition) is 1. The van der Waals surface area contributed by atoms with Gasteiger partial charge in [0.25, 0.3) is 0 Å². The molecule has 1 aliphatic carbocycles. The van der Waals surface area contributed by atoms with Crippen LogP contribution in [0.2, 0.25) is 0 Å². The molecule has 86 valence electrons. The highest BCUT2D eigenvalue weighted by molar-refractivity contribution is 5.99. The maximum absolute atomic E-state index is 12.1. The Hall–Kier alpha value is -1.35. The van der Waals surface area contributed by atoms with Gasteiger partial charge in [0.05, 0.1) is 12.0 Å². The van der Waals surface area contributed by atoms with E-state index in [2.05, 4.69) is 0 Å². The summed E-state index contributed by atoms with van der Waals surface area (Å²) in [6.45, 7) is 1.96. The highest BCUT2D eigenvalue weighted by Gasteiger charge is 2.50. The van der Waals surface area contributed by atoms with Crippen molar-refractivity contribution < 1.29 is 9.90 Å². The van der Waals surface area contributed by atoms with Gasteiger partial charge in [-0.1, -0.05) is 12.1 Å². The lowest BCUT2D eigenvalue weighted by Crippen LogP contribution is -2.36. The van der Waals surface area contributed by atoms with Crippen molar-refractivity contribution in [1.82, 2.24) is 0 Å². The van der Waals surface area contributed by atoms with Crippen molar-refractivity contribution in [3.8, 4) is 0 Å². The smallest absolute Gasteiger partial charge is 0.235 e. The van der Waals surface area contributed by atoms with Crippen molar-refractivity contribution in [2.75, 3.05) is 18.6 Å². The van der Waals surface area contributed by atoms with E-state index in [0.717, 1.165) is 24.1 Å². The average molecular weight is 219 g/mol. The molecule has 1 amide bonds. The van der Waals surface area contributed by atoms with E-state index < -0.39 is 5.41 Å². The van der Waals surface area contributed by atoms with Crippen LogP contribution >= 0.6 is 0 Å². The third-order valence-electron chi connectivity index (χ3n) is 3.30. The van der Waals surface area contributed by atoms with Gasteiger partial charge in [-0.2, -0.15) is 0 Å². The Balaban J connectivity index is 2.19. The van der Waals surface area contributed by atoms with E-state index in [1.54, 1.807) is 11.9 Å². The Morgan fingerprint density at radius 2 is 2.19 bits per heavy atom. The van der Waals surface area contributed by atoms with Gasteiger partial charge in [0.15, 0.2) is 0 Å². The minimum absolute atomic E-state index is 0.0283. The molecule has 2 rings (SSSR count). The fourth-order valence-corrected chi connectivity index (χ4v) is 1.90. The number of hydrogen-bond acceptors (Lipinski definition) is 2. The Morgan fingerprint density at radius 3 is 2.69 bits per heavy atom. The van der Waals surface area contributed by atoms with Crippen molar-refractivity contribution in [2.45, 2.75) is 19.8 Å². The molecular formula is C13H17NO2. The first-order valence-corrected chi connectivity index (χ1v) is 5.55. The molecule has 3 heteroatoms. The summed E-state index contributed by atoms with van der Waals surface area (Å²) in [5.74, 6) is 0.0283. The van der Waals surface area contributed by atoms with Gasteiger partial charge in [-0.15, -0.1) is 0 Å². The lowest BCUT2D eigenvalue weighted by atomic mass is 10.1. The van der Waals surface area contributed by atoms with Crippen LogP contribution in [0.3, 0.4) is 0 Å². The predicted octanol–water partition coefficient (Wildman–Crippen LogP) is 1.73. The molecule has 0 saturated heterocycles. The number of nitrogens with zero attached hydrogens (tertiary/aromatic N) is 1. The van der Waals surface area contributed by atoms with E-state index in [9.17, 15) is 9.90 Å². The number of amides is 1. The molecule has 0 radical (unpaired) electrons. The maximum Gasteiger partial charge on any atom is 0.235 e. The molecule has 1 aliphatic rings. The Kier molecular flexibility index (Phi) is 2.72. The summed E-state index contributed by atoms with van der Waals surface area (Å²) in [7, 11) is 1.77. The van der Waals surface area contributed by atoms with Crippen LogP contribution in [0.15, 0.2) is 24.3 Å². The zero-order chi connectivity index (χ0) is 11.8. The molecule has 0 heterocycles. The number of aliphatic hydroxyl groups is 1. The molecule has 0 unspecified atom stereocenters. The number of carbonyl (C=O) groups excluding carboxylic acids is 1. The minimum atomic E-state index is -0.488. The van der Waals surface area contributed by atoms with E-state index in [1.165, 1.54) is 0 Å². The molecule has 0 spiro atoms. The number of aliphatic hydroxyl groups excluding tert-OH is 1. The summed E-state index contributed by atoms with van der Waals surface area (Å²) >= 11 is 0. The summed E-state index contributed by atoms with van der Waals surface area (Å²) in [4.78, 5) is 13.8. The second-order valence-electron chi connectivity index (χ2n) is 4.64. The van der Waals surface area contributed by atoms with Gasteiger partial charge in [-0.25, -0.2) is 0 Å². The molecule has 1 aromatic carbocycles. The van der Waals surface area contributed by atoms with Gasteiger partial charge < -0.3 is 10.0 Å². The summed E-state index contributed by atoms with van der Waals surface area (Å²) in [5, 5.41) is 9.23. The molecule has 1 aromatic rings. The highest BCUT2D eigenvalue weighted by atomic mass is 16.3. The second-order valence-corrected chi connectivity index (χ2v) is 4.64. The average Bonchev–Trinajstić information content (AvgIpc) is 3.08. The van der Waals surface area contributed by atoms with Crippen LogP contribution in [0.5, 0.6) is 0 Å². The highest BCUT2D eigenvalue weighted by Crippen LogP contribution is 2.46. The fraction of sp³-hybridized carbons (Fsp3) is 0.462. The first-order valence-electron chi connectivity index (χ1n) is 5.55. The monoisotopic (exact) mass is 219 g/mol. The van der Waals surface area contributed by atoms with Crippen LogP contribution < -0.4 is 4.90 Å². The summed E-state index contributed by atoms with van der Waals surface area (Å²) in [6.07, 6.45) is 1.61. The van der Waals surface area contributed by atoms with E-state index in [4.69, 9.17) is 0 Å². The standard InChI is InChI=1S/C13H17NO2/c1-10-4-3-5-11(8-10)14(2)12(16)13(9-15)6-7-13/h3-5,8,15H,6-7,9H2,1-2H3. The zero-order valence-electron chi connectivity index (χ0n) is 9.73. The van der Waals surface area contributed by atoms with Crippen LogP contribution in [0.4, 0.5) is 5.69 Å². The molecule has 0 atom stereocenters. The summed E-state index contributed by atoms with van der Waals surface area (Å²) < 4.78 is 0. The minimum Gasteiger partial charge on any atom is -0.395 e. The largest absolute Gasteiger partial charge is 0.395 e. The quantitative estimate of drug-likeness (QED) is 0.841. The first kappa shape index (κ1) is 11.1. The maximum atomic E-state index is 12.1. The summed E-state index contributed by atoms with van der Waals surface area (Å²) in [6, 6.07) is 7.83. The van der Waals surface area contributed by atoms with Gasteiger partial charge in [0.2, 0.25) is 5.91 Å². The first-order chi connectivity index (χ1) is 7.59. The third kappa shape index (κ3) is 1.83. The van der Waals surface area contributed by atoms with E-state index in [-0.39, 0.29) is 12.5 Å². The Morgan fingerprint density at radius 1 is 1.50 bits per heavy atom. The molecule has 0 bridgehead atoms. The van der Waals surface area contributed by atoms with E-state index >= 15 is 0 Å². The molecule has 3 nitrogen and oxygen atoms in total. The van der Waals surface area contributed by atoms with Gasteiger partial charge in [-0.3, -0.25) is 4.79 Å². The predicted molar refractivity (Wildman–Crippen MR) is 63.3 cm³/mol. The van der Waals surface area contributed by atoms with Gasteiger partial charge in [-0.05, 0) is 37.5 Å². The van der Waals surface area contributed by atoms with Gasteiger partial charge >= 0.3 is 0 Å². The van der Waals surface area contributed by atoms with Gasteiger partial charge in [0.1, 0.15) is 0 Å². The fourth-order valence-electron chi connectivity index (χ4n) is 1.90. The van der Waals surface area contributed by atoms with Crippen molar-refractivity contribution in [3.05, 3.63) is 29.8 Å². The van der Waals surface area contributed by atoms with E-state index in [0.29, 0.717) is 0 Å². The number of benzene rings is 1. The molecule has 1 saturated carbocycles. The van der Waals surface area contributed by atoms with Crippen molar-refractivity contribution >= 4 is 11.6 Å². The topological polar surface area (TPSA) is 40.5 Å². The van der Waals surface area contributed by atoms with Crippen LogP contribution in [0.25, 0.3) is 0 Å². The normalized spacial score (nSPS) is 16.9. The number of rotatable bonds is 3. The van der Waals surface area contributed by atoms with Gasteiger partial charge in [0, 0.05) is 12.7 Å². The molecule has 0 aliphatic heterocycles. The molecule has 1 fully saturated rings. The number of aryl methyl sites for hydroxylation is 1. The van der Waals surface area contributed by atoms with Crippen LogP contribution in [-0.4, -0.2) is 24.7 Å². The lowest BCUT2D eigenvalue weighted by molar-refractivity contribution is -0.124. The van der Waals surface area contributed by atoms with E-state index in [1.807, 2.05) is 31.2 Å². The van der Waals surface area contributed by atoms with Crippen LogP contribution in [0.1, 0.15) is 18.4 Å². The third-order valence-corrected chi connectivity index (χ3v) is 3.30. The Labute approximate surface area is 95.7 Å². The number of anilines is 1. The zero-order valence-corrected chi connectivity index (χ0v) is 9.73. The molecule has 16 heavy (non-hydrogen) atoms. The second kappa shape index (κ2) is 3.91.